The average molecular weight is 273 g/mol. The Kier molecular flexibility index (Phi) is 3.65. The van der Waals surface area contributed by atoms with Crippen LogP contribution in [0.5, 0.6) is 0 Å². The van der Waals surface area contributed by atoms with E-state index in [1.54, 1.807) is 31.2 Å². The van der Waals surface area contributed by atoms with Gasteiger partial charge in [-0.15, -0.1) is 0 Å². The molecule has 20 heavy (non-hydrogen) atoms. The molecule has 0 saturated heterocycles. The Morgan fingerprint density at radius 3 is 2.75 bits per heavy atom. The quantitative estimate of drug-likeness (QED) is 0.524. The van der Waals surface area contributed by atoms with Crippen LogP contribution in [-0.2, 0) is 4.79 Å². The van der Waals surface area contributed by atoms with Crippen LogP contribution < -0.4 is 0 Å². The average Bonchev–Trinajstić information content (AvgIpc) is 2.84. The molecule has 1 N–H and O–H groups in total. The molecule has 0 aliphatic rings. The summed E-state index contributed by atoms with van der Waals surface area (Å²) in [6, 6.07) is 7.89. The van der Waals surface area contributed by atoms with Crippen LogP contribution in [0.25, 0.3) is 17.4 Å². The summed E-state index contributed by atoms with van der Waals surface area (Å²) < 4.78 is 5.44. The van der Waals surface area contributed by atoms with Crippen LogP contribution in [0.4, 0.5) is 5.69 Å². The summed E-state index contributed by atoms with van der Waals surface area (Å²) in [4.78, 5) is 21.0. The lowest BCUT2D eigenvalue weighted by molar-refractivity contribution is -0.384. The largest absolute Gasteiger partial charge is 0.478 e. The summed E-state index contributed by atoms with van der Waals surface area (Å²) in [7, 11) is 0. The summed E-state index contributed by atoms with van der Waals surface area (Å²) in [5.41, 5.74) is 1.06. The number of hydrogen-bond donors (Lipinski definition) is 1. The van der Waals surface area contributed by atoms with Crippen molar-refractivity contribution in [1.82, 2.24) is 0 Å². The zero-order chi connectivity index (χ0) is 14.7. The van der Waals surface area contributed by atoms with Crippen molar-refractivity contribution in [2.45, 2.75) is 6.92 Å². The number of hydrogen-bond acceptors (Lipinski definition) is 4. The maximum absolute atomic E-state index is 11.0. The van der Waals surface area contributed by atoms with Crippen molar-refractivity contribution in [2.24, 2.45) is 0 Å². The lowest BCUT2D eigenvalue weighted by Crippen LogP contribution is -1.93. The van der Waals surface area contributed by atoms with Gasteiger partial charge in [0.1, 0.15) is 11.5 Å². The van der Waals surface area contributed by atoms with E-state index in [1.165, 1.54) is 12.1 Å². The Bertz CT molecular complexity index is 699. The Labute approximate surface area is 114 Å². The minimum atomic E-state index is -1.09. The van der Waals surface area contributed by atoms with Crippen molar-refractivity contribution in [3.63, 3.8) is 0 Å². The van der Waals surface area contributed by atoms with Crippen LogP contribution in [0.2, 0.25) is 0 Å². The molecule has 1 aromatic carbocycles. The zero-order valence-corrected chi connectivity index (χ0v) is 10.6. The van der Waals surface area contributed by atoms with E-state index >= 15 is 0 Å². The first-order valence-corrected chi connectivity index (χ1v) is 5.74. The van der Waals surface area contributed by atoms with Crippen molar-refractivity contribution in [2.75, 3.05) is 0 Å². The number of furan rings is 1. The van der Waals surface area contributed by atoms with Crippen molar-refractivity contribution in [1.29, 1.82) is 0 Å². The number of rotatable bonds is 4. The Morgan fingerprint density at radius 2 is 2.10 bits per heavy atom. The van der Waals surface area contributed by atoms with Crippen molar-refractivity contribution < 1.29 is 19.2 Å². The van der Waals surface area contributed by atoms with E-state index in [-0.39, 0.29) is 5.69 Å². The van der Waals surface area contributed by atoms with E-state index in [1.807, 2.05) is 0 Å². The third-order valence-electron chi connectivity index (χ3n) is 2.71. The van der Waals surface area contributed by atoms with Gasteiger partial charge in [-0.1, -0.05) is 12.1 Å². The summed E-state index contributed by atoms with van der Waals surface area (Å²) in [6.07, 6.45) is 2.23. The second kappa shape index (κ2) is 5.40. The molecule has 0 unspecified atom stereocenters. The van der Waals surface area contributed by atoms with Gasteiger partial charge >= 0.3 is 5.97 Å². The van der Waals surface area contributed by atoms with Gasteiger partial charge in [0.2, 0.25) is 0 Å². The van der Waals surface area contributed by atoms with Crippen LogP contribution in [-0.4, -0.2) is 16.0 Å². The van der Waals surface area contributed by atoms with Gasteiger partial charge in [-0.25, -0.2) is 4.79 Å². The van der Waals surface area contributed by atoms with Crippen molar-refractivity contribution in [3.05, 3.63) is 57.8 Å². The Hall–Kier alpha value is -2.89. The molecule has 6 heteroatoms. The fraction of sp³-hybridized carbons (Fsp3) is 0.0714. The molecule has 1 aromatic heterocycles. The highest BCUT2D eigenvalue weighted by atomic mass is 16.6. The second-order valence-corrected chi connectivity index (χ2v) is 4.10. The number of aliphatic carboxylic acids is 1. The van der Waals surface area contributed by atoms with E-state index in [2.05, 4.69) is 0 Å². The molecule has 0 spiro atoms. The highest BCUT2D eigenvalue weighted by Gasteiger charge is 2.19. The molecule has 2 rings (SSSR count). The number of nitro benzene ring substituents is 1. The number of carbonyl (C=O) groups is 1. The minimum Gasteiger partial charge on any atom is -0.478 e. The molecule has 0 radical (unpaired) electrons. The molecule has 0 aliphatic heterocycles. The monoisotopic (exact) mass is 273 g/mol. The predicted octanol–water partition coefficient (Wildman–Crippen LogP) is 3.26. The molecular weight excluding hydrogens is 262 g/mol. The summed E-state index contributed by atoms with van der Waals surface area (Å²) in [5, 5.41) is 19.6. The highest BCUT2D eigenvalue weighted by Crippen LogP contribution is 2.34. The van der Waals surface area contributed by atoms with Gasteiger partial charge in [0.05, 0.1) is 10.5 Å². The van der Waals surface area contributed by atoms with E-state index < -0.39 is 10.9 Å². The molecule has 0 fully saturated rings. The third kappa shape index (κ3) is 2.74. The van der Waals surface area contributed by atoms with E-state index in [0.717, 1.165) is 6.08 Å². The molecule has 0 amide bonds. The Balaban J connectivity index is 2.47. The first kappa shape index (κ1) is 13.5. The maximum atomic E-state index is 11.0. The van der Waals surface area contributed by atoms with Gasteiger partial charge < -0.3 is 9.52 Å². The topological polar surface area (TPSA) is 93.6 Å². The lowest BCUT2D eigenvalue weighted by atomic mass is 10.0. The summed E-state index contributed by atoms with van der Waals surface area (Å²) >= 11 is 0. The number of carboxylic acids is 1. The molecule has 102 valence electrons. The molecule has 2 aromatic rings. The predicted molar refractivity (Wildman–Crippen MR) is 72.2 cm³/mol. The van der Waals surface area contributed by atoms with Crippen molar-refractivity contribution >= 4 is 17.7 Å². The van der Waals surface area contributed by atoms with Gasteiger partial charge in [0.25, 0.3) is 5.69 Å². The smallest absolute Gasteiger partial charge is 0.328 e. The van der Waals surface area contributed by atoms with Gasteiger partial charge in [-0.05, 0) is 30.7 Å². The second-order valence-electron chi connectivity index (χ2n) is 4.10. The van der Waals surface area contributed by atoms with Gasteiger partial charge in [-0.3, -0.25) is 10.1 Å². The van der Waals surface area contributed by atoms with Crippen LogP contribution in [0.15, 0.2) is 40.8 Å². The van der Waals surface area contributed by atoms with Gasteiger partial charge in [-0.2, -0.15) is 0 Å². The standard InChI is InChI=1S/C14H11NO5/c1-9-3-2-4-11(15(18)19)14(9)12-7-5-10(20-12)6-8-13(16)17/h2-8H,1H3,(H,16,17)/b8-6+. The Morgan fingerprint density at radius 1 is 1.35 bits per heavy atom. The normalized spacial score (nSPS) is 10.8. The van der Waals surface area contributed by atoms with Gasteiger partial charge in [0.15, 0.2) is 0 Å². The summed E-state index contributed by atoms with van der Waals surface area (Å²) in [6.45, 7) is 1.75. The third-order valence-corrected chi connectivity index (χ3v) is 2.71. The first-order chi connectivity index (χ1) is 9.49. The fourth-order valence-electron chi connectivity index (χ4n) is 1.86. The first-order valence-electron chi connectivity index (χ1n) is 5.74. The molecule has 6 nitrogen and oxygen atoms in total. The minimum absolute atomic E-state index is 0.0480. The van der Waals surface area contributed by atoms with E-state index in [0.29, 0.717) is 22.6 Å². The highest BCUT2D eigenvalue weighted by molar-refractivity contribution is 5.85. The van der Waals surface area contributed by atoms with Crippen LogP contribution in [0.3, 0.4) is 0 Å². The molecule has 1 heterocycles. The SMILES string of the molecule is Cc1cccc([N+](=O)[O-])c1-c1ccc(/C=C/C(=O)O)o1. The van der Waals surface area contributed by atoms with Crippen LogP contribution in [0.1, 0.15) is 11.3 Å². The zero-order valence-electron chi connectivity index (χ0n) is 10.6. The number of aryl methyl sites for hydroxylation is 1. The number of nitro groups is 1. The molecule has 0 atom stereocenters. The number of benzene rings is 1. The van der Waals surface area contributed by atoms with E-state index in [4.69, 9.17) is 9.52 Å². The number of nitrogens with zero attached hydrogens (tertiary/aromatic N) is 1. The molecule has 0 bridgehead atoms. The fourth-order valence-corrected chi connectivity index (χ4v) is 1.86. The van der Waals surface area contributed by atoms with Crippen LogP contribution in [0, 0.1) is 17.0 Å². The lowest BCUT2D eigenvalue weighted by Gasteiger charge is -2.03. The molecule has 0 aliphatic carbocycles. The number of carboxylic acid groups (broad SMARTS) is 1. The maximum Gasteiger partial charge on any atom is 0.328 e. The van der Waals surface area contributed by atoms with Crippen molar-refractivity contribution in [3.8, 4) is 11.3 Å². The molecule has 0 saturated carbocycles. The van der Waals surface area contributed by atoms with Gasteiger partial charge in [0, 0.05) is 12.1 Å². The molecular formula is C14H11NO5. The van der Waals surface area contributed by atoms with Crippen LogP contribution >= 0.6 is 0 Å². The van der Waals surface area contributed by atoms with E-state index in [9.17, 15) is 14.9 Å². The summed E-state index contributed by atoms with van der Waals surface area (Å²) in [5.74, 6) is -0.440.